The molecule has 0 saturated carbocycles. The fraction of sp³-hybridized carbons (Fsp3) is 0.208. The molecule has 0 saturated heterocycles. The van der Waals surface area contributed by atoms with Crippen LogP contribution in [-0.4, -0.2) is 37.6 Å². The van der Waals surface area contributed by atoms with E-state index in [1.54, 1.807) is 9.80 Å². The number of anilines is 2. The van der Waals surface area contributed by atoms with Gasteiger partial charge < -0.3 is 14.8 Å². The molecule has 1 unspecified atom stereocenters. The van der Waals surface area contributed by atoms with Gasteiger partial charge in [-0.15, -0.1) is 0 Å². The van der Waals surface area contributed by atoms with Gasteiger partial charge in [0, 0.05) is 12.5 Å². The average Bonchev–Trinajstić information content (AvgIpc) is 3.18. The zero-order chi connectivity index (χ0) is 22.9. The maximum absolute atomic E-state index is 13.5. The second-order valence-electron chi connectivity index (χ2n) is 8.04. The minimum Gasteiger partial charge on any atom is -0.312 e. The molecule has 5 rings (SSSR count). The Hall–Kier alpha value is -4.27. The van der Waals surface area contributed by atoms with E-state index in [-0.39, 0.29) is 36.4 Å². The summed E-state index contributed by atoms with van der Waals surface area (Å²) in [6, 6.07) is 16.8. The zero-order valence-corrected chi connectivity index (χ0v) is 18.0. The Morgan fingerprint density at radius 3 is 2.58 bits per heavy atom. The van der Waals surface area contributed by atoms with Crippen LogP contribution in [0.3, 0.4) is 0 Å². The summed E-state index contributed by atoms with van der Waals surface area (Å²) in [5.74, 6) is -0.289. The average molecular weight is 442 g/mol. The number of carbonyl (C=O) groups is 2. The van der Waals surface area contributed by atoms with Crippen molar-refractivity contribution >= 4 is 34.2 Å². The van der Waals surface area contributed by atoms with Crippen molar-refractivity contribution in [3.8, 4) is 0 Å². The van der Waals surface area contributed by atoms with Gasteiger partial charge in [-0.2, -0.15) is 5.10 Å². The van der Waals surface area contributed by atoms with Crippen molar-refractivity contribution < 1.29 is 9.59 Å². The number of aromatic amines is 1. The maximum Gasteiger partial charge on any atom is 0.261 e. The Morgan fingerprint density at radius 1 is 1.06 bits per heavy atom. The van der Waals surface area contributed by atoms with Gasteiger partial charge in [-0.25, -0.2) is 9.67 Å². The third kappa shape index (κ3) is 3.78. The lowest BCUT2D eigenvalue weighted by Gasteiger charge is -2.28. The molecule has 1 aliphatic rings. The molecule has 33 heavy (non-hydrogen) atoms. The predicted molar refractivity (Wildman–Crippen MR) is 124 cm³/mol. The minimum atomic E-state index is -0.356. The molecule has 2 aromatic heterocycles. The van der Waals surface area contributed by atoms with Crippen LogP contribution in [-0.2, 0) is 22.7 Å². The van der Waals surface area contributed by atoms with Crippen molar-refractivity contribution in [2.45, 2.75) is 32.5 Å². The first-order valence-corrected chi connectivity index (χ1v) is 10.7. The number of amides is 2. The quantitative estimate of drug-likeness (QED) is 0.523. The molecule has 1 aliphatic heterocycles. The lowest BCUT2D eigenvalue weighted by atomic mass is 10.1. The normalized spacial score (nSPS) is 16.0. The first kappa shape index (κ1) is 20.6. The molecule has 0 spiro atoms. The number of nitrogens with zero attached hydrogens (tertiary/aromatic N) is 5. The fourth-order valence-electron chi connectivity index (χ4n) is 4.27. The highest BCUT2D eigenvalue weighted by Gasteiger charge is 2.34. The Morgan fingerprint density at radius 2 is 1.79 bits per heavy atom. The second-order valence-corrected chi connectivity index (χ2v) is 8.04. The SMILES string of the molecule is CC1CC(=O)N(Cc2ccccc2)c2ccccc2N1C(=O)Cn1ncc2c(=O)[nH]cnc21. The van der Waals surface area contributed by atoms with Gasteiger partial charge in [0.1, 0.15) is 11.9 Å². The van der Waals surface area contributed by atoms with E-state index in [9.17, 15) is 14.4 Å². The summed E-state index contributed by atoms with van der Waals surface area (Å²) in [5.41, 5.74) is 2.38. The molecule has 2 aromatic carbocycles. The number of hydrogen-bond donors (Lipinski definition) is 1. The fourth-order valence-corrected chi connectivity index (χ4v) is 4.27. The van der Waals surface area contributed by atoms with E-state index in [4.69, 9.17) is 0 Å². The number of carbonyl (C=O) groups excluding carboxylic acids is 2. The van der Waals surface area contributed by atoms with Crippen LogP contribution >= 0.6 is 0 Å². The number of nitrogens with one attached hydrogen (secondary N) is 1. The van der Waals surface area contributed by atoms with Crippen molar-refractivity contribution in [1.29, 1.82) is 0 Å². The minimum absolute atomic E-state index is 0.0492. The summed E-state index contributed by atoms with van der Waals surface area (Å²) < 4.78 is 1.41. The molecule has 2 amide bonds. The number of hydrogen-bond acceptors (Lipinski definition) is 5. The first-order valence-electron chi connectivity index (χ1n) is 10.7. The second kappa shape index (κ2) is 8.34. The predicted octanol–water partition coefficient (Wildman–Crippen LogP) is 2.48. The van der Waals surface area contributed by atoms with Crippen molar-refractivity contribution in [2.75, 3.05) is 9.80 Å². The monoisotopic (exact) mass is 442 g/mol. The first-order chi connectivity index (χ1) is 16.0. The molecule has 0 radical (unpaired) electrons. The largest absolute Gasteiger partial charge is 0.312 e. The van der Waals surface area contributed by atoms with Crippen molar-refractivity contribution in [3.63, 3.8) is 0 Å². The van der Waals surface area contributed by atoms with Gasteiger partial charge in [-0.1, -0.05) is 42.5 Å². The van der Waals surface area contributed by atoms with E-state index in [0.717, 1.165) is 5.56 Å². The van der Waals surface area contributed by atoms with Crippen LogP contribution in [0.15, 0.2) is 71.9 Å². The summed E-state index contributed by atoms with van der Waals surface area (Å²) in [7, 11) is 0. The third-order valence-corrected chi connectivity index (χ3v) is 5.82. The van der Waals surface area contributed by atoms with Crippen LogP contribution in [0, 0.1) is 0 Å². The smallest absolute Gasteiger partial charge is 0.261 e. The summed E-state index contributed by atoms with van der Waals surface area (Å²) in [6.07, 6.45) is 2.88. The molecule has 9 nitrogen and oxygen atoms in total. The van der Waals surface area contributed by atoms with E-state index in [1.807, 2.05) is 61.5 Å². The molecular formula is C24H22N6O3. The highest BCUT2D eigenvalue weighted by Crippen LogP contribution is 2.36. The number of rotatable bonds is 4. The molecule has 1 N–H and O–H groups in total. The van der Waals surface area contributed by atoms with Crippen LogP contribution in [0.4, 0.5) is 11.4 Å². The van der Waals surface area contributed by atoms with Gasteiger partial charge in [0.05, 0.1) is 30.4 Å². The van der Waals surface area contributed by atoms with Gasteiger partial charge in [0.15, 0.2) is 5.65 Å². The Labute approximate surface area is 189 Å². The van der Waals surface area contributed by atoms with E-state index in [0.29, 0.717) is 29.0 Å². The van der Waals surface area contributed by atoms with E-state index < -0.39 is 0 Å². The molecule has 166 valence electrons. The Balaban J connectivity index is 1.51. The Kier molecular flexibility index (Phi) is 5.21. The van der Waals surface area contributed by atoms with Gasteiger partial charge in [0.2, 0.25) is 11.8 Å². The van der Waals surface area contributed by atoms with E-state index in [2.05, 4.69) is 15.1 Å². The maximum atomic E-state index is 13.5. The molecule has 0 aliphatic carbocycles. The number of para-hydroxylation sites is 2. The molecule has 0 fully saturated rings. The summed E-state index contributed by atoms with van der Waals surface area (Å²) >= 11 is 0. The van der Waals surface area contributed by atoms with Crippen LogP contribution in [0.25, 0.3) is 11.0 Å². The molecule has 3 heterocycles. The van der Waals surface area contributed by atoms with Crippen LogP contribution < -0.4 is 15.4 Å². The van der Waals surface area contributed by atoms with Crippen molar-refractivity contribution in [1.82, 2.24) is 19.7 Å². The summed E-state index contributed by atoms with van der Waals surface area (Å²) in [5, 5.41) is 4.51. The lowest BCUT2D eigenvalue weighted by Crippen LogP contribution is -2.41. The van der Waals surface area contributed by atoms with Crippen molar-refractivity contribution in [2.24, 2.45) is 0 Å². The van der Waals surface area contributed by atoms with Gasteiger partial charge >= 0.3 is 0 Å². The third-order valence-electron chi connectivity index (χ3n) is 5.82. The lowest BCUT2D eigenvalue weighted by molar-refractivity contribution is -0.120. The van der Waals surface area contributed by atoms with Crippen LogP contribution in [0.2, 0.25) is 0 Å². The van der Waals surface area contributed by atoms with Gasteiger partial charge in [-0.05, 0) is 24.6 Å². The standard InChI is InChI=1S/C24H22N6O3/c1-16-11-21(31)28(13-17-7-3-2-4-8-17)19-9-5-6-10-20(19)30(16)22(32)14-29-23-18(12-27-29)24(33)26-15-25-23/h2-10,12,15-16H,11,13-14H2,1H3,(H,25,26,33). The van der Waals surface area contributed by atoms with E-state index in [1.165, 1.54) is 17.2 Å². The summed E-state index contributed by atoms with van der Waals surface area (Å²) in [4.78, 5) is 48.8. The molecular weight excluding hydrogens is 420 g/mol. The van der Waals surface area contributed by atoms with Gasteiger partial charge in [0.25, 0.3) is 5.56 Å². The van der Waals surface area contributed by atoms with E-state index >= 15 is 0 Å². The summed E-state index contributed by atoms with van der Waals surface area (Å²) in [6.45, 7) is 2.18. The number of H-pyrrole nitrogens is 1. The number of benzene rings is 2. The molecule has 1 atom stereocenters. The molecule has 9 heteroatoms. The van der Waals surface area contributed by atoms with Crippen molar-refractivity contribution in [3.05, 3.63) is 83.0 Å². The van der Waals surface area contributed by atoms with Gasteiger partial charge in [-0.3, -0.25) is 14.4 Å². The number of fused-ring (bicyclic) bond motifs is 2. The van der Waals surface area contributed by atoms with Crippen LogP contribution in [0.5, 0.6) is 0 Å². The highest BCUT2D eigenvalue weighted by atomic mass is 16.2. The number of aromatic nitrogens is 4. The topological polar surface area (TPSA) is 104 Å². The zero-order valence-electron chi connectivity index (χ0n) is 18.0. The molecule has 0 bridgehead atoms. The van der Waals surface area contributed by atoms with Crippen LogP contribution in [0.1, 0.15) is 18.9 Å². The highest BCUT2D eigenvalue weighted by molar-refractivity contribution is 6.05. The molecule has 4 aromatic rings. The Bertz CT molecular complexity index is 1390.